The van der Waals surface area contributed by atoms with Crippen LogP contribution in [-0.4, -0.2) is 28.6 Å². The highest BCUT2D eigenvalue weighted by molar-refractivity contribution is 7.98. The summed E-state index contributed by atoms with van der Waals surface area (Å²) in [4.78, 5) is 18.9. The molecule has 0 aliphatic carbocycles. The maximum Gasteiger partial charge on any atom is 0.187 e. The van der Waals surface area contributed by atoms with Crippen LogP contribution in [-0.2, 0) is 0 Å². The number of Topliss-reactive ketones (excluding diaryl/α,β-unsaturated/α-hetero) is 1. The SMILES string of the molecule is CSc1ncc(C(=O)CN)cn1. The molecule has 0 spiro atoms. The number of thioether (sulfide) groups is 1. The number of hydrogen-bond donors (Lipinski definition) is 1. The van der Waals surface area contributed by atoms with Gasteiger partial charge < -0.3 is 5.73 Å². The molecule has 1 rings (SSSR count). The number of carbonyl (C=O) groups is 1. The zero-order valence-corrected chi connectivity index (χ0v) is 7.47. The lowest BCUT2D eigenvalue weighted by Gasteiger charge is -1.96. The van der Waals surface area contributed by atoms with Crippen LogP contribution in [0.1, 0.15) is 10.4 Å². The normalized spacial score (nSPS) is 9.83. The molecule has 1 heterocycles. The number of nitrogens with two attached hydrogens (primary N) is 1. The Kier molecular flexibility index (Phi) is 3.19. The van der Waals surface area contributed by atoms with Gasteiger partial charge in [-0.15, -0.1) is 0 Å². The highest BCUT2D eigenvalue weighted by atomic mass is 32.2. The summed E-state index contributed by atoms with van der Waals surface area (Å²) in [5, 5.41) is 0.656. The second-order valence-corrected chi connectivity index (χ2v) is 2.86. The third-order valence-electron chi connectivity index (χ3n) is 1.32. The molecule has 0 unspecified atom stereocenters. The molecule has 0 saturated carbocycles. The van der Waals surface area contributed by atoms with Crippen molar-refractivity contribution in [2.75, 3.05) is 12.8 Å². The first-order valence-corrected chi connectivity index (χ1v) is 4.59. The number of hydrogen-bond acceptors (Lipinski definition) is 5. The van der Waals surface area contributed by atoms with E-state index in [0.29, 0.717) is 10.7 Å². The van der Waals surface area contributed by atoms with Gasteiger partial charge in [0.15, 0.2) is 10.9 Å². The Morgan fingerprint density at radius 3 is 2.58 bits per heavy atom. The Bertz CT molecular complexity index is 272. The van der Waals surface area contributed by atoms with Gasteiger partial charge in [-0.1, -0.05) is 11.8 Å². The van der Waals surface area contributed by atoms with E-state index in [4.69, 9.17) is 5.73 Å². The molecule has 1 aromatic rings. The molecule has 12 heavy (non-hydrogen) atoms. The minimum Gasteiger partial charge on any atom is -0.324 e. The van der Waals surface area contributed by atoms with Crippen molar-refractivity contribution in [2.45, 2.75) is 5.16 Å². The Balaban J connectivity index is 2.84. The highest BCUT2D eigenvalue weighted by Gasteiger charge is 2.03. The van der Waals surface area contributed by atoms with Crippen molar-refractivity contribution >= 4 is 17.5 Å². The van der Waals surface area contributed by atoms with Crippen LogP contribution in [0.4, 0.5) is 0 Å². The molecule has 0 bridgehead atoms. The predicted molar refractivity (Wildman–Crippen MR) is 47.2 cm³/mol. The van der Waals surface area contributed by atoms with Crippen LogP contribution in [0, 0.1) is 0 Å². The van der Waals surface area contributed by atoms with E-state index in [-0.39, 0.29) is 12.3 Å². The van der Waals surface area contributed by atoms with Gasteiger partial charge in [-0.3, -0.25) is 4.79 Å². The summed E-state index contributed by atoms with van der Waals surface area (Å²) in [6, 6.07) is 0. The largest absolute Gasteiger partial charge is 0.324 e. The van der Waals surface area contributed by atoms with Crippen LogP contribution in [0.5, 0.6) is 0 Å². The standard InChI is InChI=1S/C7H9N3OS/c1-12-7-9-3-5(4-10-7)6(11)2-8/h3-4H,2,8H2,1H3. The summed E-state index contributed by atoms with van der Waals surface area (Å²) in [5.74, 6) is -0.136. The van der Waals surface area contributed by atoms with Crippen molar-refractivity contribution < 1.29 is 4.79 Å². The Morgan fingerprint density at radius 1 is 1.58 bits per heavy atom. The van der Waals surface area contributed by atoms with Crippen LogP contribution < -0.4 is 5.73 Å². The van der Waals surface area contributed by atoms with Crippen molar-refractivity contribution in [1.82, 2.24) is 9.97 Å². The van der Waals surface area contributed by atoms with Crippen molar-refractivity contribution in [1.29, 1.82) is 0 Å². The summed E-state index contributed by atoms with van der Waals surface area (Å²) >= 11 is 1.43. The molecule has 0 aromatic carbocycles. The Labute approximate surface area is 74.6 Å². The van der Waals surface area contributed by atoms with Crippen LogP contribution in [0.15, 0.2) is 17.6 Å². The Hall–Kier alpha value is -0.940. The van der Waals surface area contributed by atoms with Gasteiger partial charge in [0.2, 0.25) is 0 Å². The molecule has 0 aliphatic heterocycles. The summed E-state index contributed by atoms with van der Waals surface area (Å²) in [6.07, 6.45) is 4.86. The Morgan fingerprint density at radius 2 is 2.17 bits per heavy atom. The summed E-state index contributed by atoms with van der Waals surface area (Å²) in [5.41, 5.74) is 5.63. The fourth-order valence-corrected chi connectivity index (χ4v) is 1.000. The monoisotopic (exact) mass is 183 g/mol. The molecule has 1 aromatic heterocycles. The number of ketones is 1. The first kappa shape index (κ1) is 9.15. The molecular weight excluding hydrogens is 174 g/mol. The molecule has 0 aliphatic rings. The van der Waals surface area contributed by atoms with Crippen LogP contribution in [0.25, 0.3) is 0 Å². The fourth-order valence-electron chi connectivity index (χ4n) is 0.683. The van der Waals surface area contributed by atoms with Crippen LogP contribution in [0.3, 0.4) is 0 Å². The van der Waals surface area contributed by atoms with Crippen molar-refractivity contribution in [3.05, 3.63) is 18.0 Å². The predicted octanol–water partition coefficient (Wildman–Crippen LogP) is 0.340. The minimum atomic E-state index is -0.136. The molecule has 2 N–H and O–H groups in total. The number of nitrogens with zero attached hydrogens (tertiary/aromatic N) is 2. The van der Waals surface area contributed by atoms with E-state index in [2.05, 4.69) is 9.97 Å². The van der Waals surface area contributed by atoms with E-state index in [1.165, 1.54) is 24.2 Å². The fraction of sp³-hybridized carbons (Fsp3) is 0.286. The lowest BCUT2D eigenvalue weighted by atomic mass is 10.2. The van der Waals surface area contributed by atoms with Gasteiger partial charge in [-0.2, -0.15) is 0 Å². The molecule has 5 heteroatoms. The first-order chi connectivity index (χ1) is 5.77. The second-order valence-electron chi connectivity index (χ2n) is 2.09. The van der Waals surface area contributed by atoms with Gasteiger partial charge in [0.25, 0.3) is 0 Å². The average molecular weight is 183 g/mol. The molecule has 4 nitrogen and oxygen atoms in total. The molecule has 0 saturated heterocycles. The lowest BCUT2D eigenvalue weighted by molar-refractivity contribution is 0.100. The van der Waals surface area contributed by atoms with Crippen LogP contribution in [0.2, 0.25) is 0 Å². The van der Waals surface area contributed by atoms with E-state index < -0.39 is 0 Å². The van der Waals surface area contributed by atoms with E-state index in [1.54, 1.807) is 0 Å². The van der Waals surface area contributed by atoms with E-state index in [1.807, 2.05) is 6.26 Å². The van der Waals surface area contributed by atoms with E-state index in [9.17, 15) is 4.79 Å². The number of aromatic nitrogens is 2. The molecule has 0 radical (unpaired) electrons. The molecule has 0 amide bonds. The van der Waals surface area contributed by atoms with Gasteiger partial charge in [-0.25, -0.2) is 9.97 Å². The summed E-state index contributed by atoms with van der Waals surface area (Å²) < 4.78 is 0. The average Bonchev–Trinajstić information content (AvgIpc) is 2.17. The van der Waals surface area contributed by atoms with E-state index >= 15 is 0 Å². The molecule has 0 fully saturated rings. The van der Waals surface area contributed by atoms with E-state index in [0.717, 1.165) is 0 Å². The highest BCUT2D eigenvalue weighted by Crippen LogP contribution is 2.06. The van der Waals surface area contributed by atoms with Crippen molar-refractivity contribution in [2.24, 2.45) is 5.73 Å². The van der Waals surface area contributed by atoms with Gasteiger partial charge in [0.05, 0.1) is 12.1 Å². The first-order valence-electron chi connectivity index (χ1n) is 3.37. The zero-order valence-electron chi connectivity index (χ0n) is 6.65. The zero-order chi connectivity index (χ0) is 8.97. The summed E-state index contributed by atoms with van der Waals surface area (Å²) in [6.45, 7) is 0.00196. The van der Waals surface area contributed by atoms with Gasteiger partial charge in [0, 0.05) is 12.4 Å². The topological polar surface area (TPSA) is 68.9 Å². The van der Waals surface area contributed by atoms with Crippen molar-refractivity contribution in [3.63, 3.8) is 0 Å². The van der Waals surface area contributed by atoms with Crippen molar-refractivity contribution in [3.8, 4) is 0 Å². The quantitative estimate of drug-likeness (QED) is 0.416. The molecule has 64 valence electrons. The van der Waals surface area contributed by atoms with Gasteiger partial charge in [-0.05, 0) is 6.26 Å². The third-order valence-corrected chi connectivity index (χ3v) is 1.89. The maximum absolute atomic E-state index is 11.0. The molecule has 0 atom stereocenters. The smallest absolute Gasteiger partial charge is 0.187 e. The lowest BCUT2D eigenvalue weighted by Crippen LogP contribution is -2.14. The van der Waals surface area contributed by atoms with Crippen LogP contribution >= 0.6 is 11.8 Å². The van der Waals surface area contributed by atoms with Gasteiger partial charge >= 0.3 is 0 Å². The maximum atomic E-state index is 11.0. The summed E-state index contributed by atoms with van der Waals surface area (Å²) in [7, 11) is 0. The number of carbonyl (C=O) groups excluding carboxylic acids is 1. The molecular formula is C7H9N3OS. The number of rotatable bonds is 3. The second kappa shape index (κ2) is 4.18. The third kappa shape index (κ3) is 2.02. The van der Waals surface area contributed by atoms with Gasteiger partial charge in [0.1, 0.15) is 0 Å². The minimum absolute atomic E-state index is 0.00196.